The largest absolute Gasteiger partial charge is 0.444 e. The summed E-state index contributed by atoms with van der Waals surface area (Å²) in [6, 6.07) is 0.397. The van der Waals surface area contributed by atoms with Crippen molar-refractivity contribution in [2.45, 2.75) is 45.4 Å². The van der Waals surface area contributed by atoms with Gasteiger partial charge in [0, 0.05) is 43.8 Å². The third kappa shape index (κ3) is 3.90. The van der Waals surface area contributed by atoms with E-state index in [0.29, 0.717) is 13.1 Å². The molecule has 0 aromatic carbocycles. The van der Waals surface area contributed by atoms with Gasteiger partial charge >= 0.3 is 6.09 Å². The number of aromatic nitrogens is 2. The molecule has 1 saturated heterocycles. The van der Waals surface area contributed by atoms with Gasteiger partial charge in [-0.05, 0) is 27.7 Å². The number of nitrogens with one attached hydrogen (secondary N) is 1. The molecule has 1 aliphatic rings. The Labute approximate surface area is 119 Å². The minimum absolute atomic E-state index is 0.120. The molecule has 0 radical (unpaired) electrons. The quantitative estimate of drug-likeness (QED) is 0.912. The Bertz CT molecular complexity index is 452. The molecule has 2 heterocycles. The molecule has 0 bridgehead atoms. The Morgan fingerprint density at radius 2 is 2.15 bits per heavy atom. The van der Waals surface area contributed by atoms with Crippen LogP contribution in [-0.2, 0) is 4.74 Å². The third-order valence-electron chi connectivity index (χ3n) is 3.05. The van der Waals surface area contributed by atoms with E-state index in [9.17, 15) is 4.79 Å². The summed E-state index contributed by atoms with van der Waals surface area (Å²) < 4.78 is 5.32. The molecule has 0 spiro atoms. The van der Waals surface area contributed by atoms with Gasteiger partial charge in [-0.1, -0.05) is 0 Å². The second-order valence-corrected chi connectivity index (χ2v) is 6.10. The van der Waals surface area contributed by atoms with E-state index in [1.54, 1.807) is 23.5 Å². The summed E-state index contributed by atoms with van der Waals surface area (Å²) in [6.07, 6.45) is 4.84. The highest BCUT2D eigenvalue weighted by Crippen LogP contribution is 2.17. The molecule has 6 heteroatoms. The van der Waals surface area contributed by atoms with Crippen LogP contribution in [0, 0.1) is 0 Å². The van der Waals surface area contributed by atoms with Crippen LogP contribution in [0.1, 0.15) is 39.4 Å². The van der Waals surface area contributed by atoms with Crippen LogP contribution in [0.15, 0.2) is 18.6 Å². The standard InChI is InChI=1S/C14H22N4O2/c1-10(12-7-15-5-6-16-12)17-11-8-18(9-11)13(19)20-14(2,3)4/h5-7,10-11,17H,8-9H2,1-4H3. The third-order valence-corrected chi connectivity index (χ3v) is 3.05. The first-order chi connectivity index (χ1) is 9.35. The van der Waals surface area contributed by atoms with E-state index in [2.05, 4.69) is 15.3 Å². The lowest BCUT2D eigenvalue weighted by Gasteiger charge is -2.41. The Morgan fingerprint density at radius 3 is 2.70 bits per heavy atom. The van der Waals surface area contributed by atoms with Crippen LogP contribution in [-0.4, -0.2) is 45.7 Å². The molecule has 2 rings (SSSR count). The zero-order valence-electron chi connectivity index (χ0n) is 12.5. The van der Waals surface area contributed by atoms with Crippen molar-refractivity contribution >= 4 is 6.09 Å². The van der Waals surface area contributed by atoms with Crippen molar-refractivity contribution < 1.29 is 9.53 Å². The van der Waals surface area contributed by atoms with Crippen molar-refractivity contribution in [3.05, 3.63) is 24.3 Å². The molecule has 0 saturated carbocycles. The van der Waals surface area contributed by atoms with E-state index in [4.69, 9.17) is 4.74 Å². The average molecular weight is 278 g/mol. The normalized spacial score (nSPS) is 17.5. The molecule has 1 amide bonds. The second-order valence-electron chi connectivity index (χ2n) is 6.10. The van der Waals surface area contributed by atoms with E-state index in [-0.39, 0.29) is 18.2 Å². The van der Waals surface area contributed by atoms with Crippen molar-refractivity contribution in [2.75, 3.05) is 13.1 Å². The maximum Gasteiger partial charge on any atom is 0.410 e. The van der Waals surface area contributed by atoms with Crippen molar-refractivity contribution in [3.63, 3.8) is 0 Å². The number of hydrogen-bond donors (Lipinski definition) is 1. The number of nitrogens with zero attached hydrogens (tertiary/aromatic N) is 3. The number of carbonyl (C=O) groups is 1. The number of hydrogen-bond acceptors (Lipinski definition) is 5. The van der Waals surface area contributed by atoms with E-state index in [1.165, 1.54) is 0 Å². The van der Waals surface area contributed by atoms with Gasteiger partial charge < -0.3 is 15.0 Å². The summed E-state index contributed by atoms with van der Waals surface area (Å²) in [7, 11) is 0. The molecular weight excluding hydrogens is 256 g/mol. The topological polar surface area (TPSA) is 67.4 Å². The highest BCUT2D eigenvalue weighted by Gasteiger charge is 2.34. The van der Waals surface area contributed by atoms with Gasteiger partial charge in [-0.15, -0.1) is 0 Å². The fourth-order valence-electron chi connectivity index (χ4n) is 2.03. The second kappa shape index (κ2) is 5.75. The van der Waals surface area contributed by atoms with Crippen LogP contribution in [0.2, 0.25) is 0 Å². The Kier molecular flexibility index (Phi) is 4.23. The minimum Gasteiger partial charge on any atom is -0.444 e. The molecule has 6 nitrogen and oxygen atoms in total. The lowest BCUT2D eigenvalue weighted by molar-refractivity contribution is 0.00429. The molecule has 1 fully saturated rings. The van der Waals surface area contributed by atoms with Crippen LogP contribution in [0.5, 0.6) is 0 Å². The van der Waals surface area contributed by atoms with Crippen LogP contribution in [0.3, 0.4) is 0 Å². The van der Waals surface area contributed by atoms with Crippen molar-refractivity contribution in [3.8, 4) is 0 Å². The van der Waals surface area contributed by atoms with Gasteiger partial charge in [0.25, 0.3) is 0 Å². The zero-order chi connectivity index (χ0) is 14.8. The fraction of sp³-hybridized carbons (Fsp3) is 0.643. The van der Waals surface area contributed by atoms with Crippen LogP contribution >= 0.6 is 0 Å². The SMILES string of the molecule is CC(NC1CN(C(=O)OC(C)(C)C)C1)c1cnccn1. The van der Waals surface area contributed by atoms with E-state index < -0.39 is 5.60 Å². The average Bonchev–Trinajstić information content (AvgIpc) is 2.31. The van der Waals surface area contributed by atoms with Crippen molar-refractivity contribution in [1.29, 1.82) is 0 Å². The first kappa shape index (κ1) is 14.7. The summed E-state index contributed by atoms with van der Waals surface area (Å²) in [6.45, 7) is 8.99. The van der Waals surface area contributed by atoms with Crippen LogP contribution in [0.25, 0.3) is 0 Å². The van der Waals surface area contributed by atoms with E-state index >= 15 is 0 Å². The highest BCUT2D eigenvalue weighted by atomic mass is 16.6. The van der Waals surface area contributed by atoms with Crippen LogP contribution < -0.4 is 5.32 Å². The molecule has 20 heavy (non-hydrogen) atoms. The predicted octanol–water partition coefficient (Wildman–Crippen LogP) is 1.75. The lowest BCUT2D eigenvalue weighted by atomic mass is 10.1. The first-order valence-corrected chi connectivity index (χ1v) is 6.85. The summed E-state index contributed by atoms with van der Waals surface area (Å²) in [5, 5.41) is 3.43. The summed E-state index contributed by atoms with van der Waals surface area (Å²) in [4.78, 5) is 21.8. The maximum absolute atomic E-state index is 11.8. The van der Waals surface area contributed by atoms with Gasteiger partial charge in [-0.2, -0.15) is 0 Å². The van der Waals surface area contributed by atoms with Gasteiger partial charge in [0.2, 0.25) is 0 Å². The molecular formula is C14H22N4O2. The molecule has 1 aliphatic heterocycles. The molecule has 1 aromatic rings. The number of likely N-dealkylation sites (tertiary alicyclic amines) is 1. The lowest BCUT2D eigenvalue weighted by Crippen LogP contribution is -2.60. The molecule has 0 aliphatic carbocycles. The van der Waals surface area contributed by atoms with Gasteiger partial charge in [0.1, 0.15) is 5.60 Å². The Morgan fingerprint density at radius 1 is 1.45 bits per heavy atom. The number of rotatable bonds is 3. The minimum atomic E-state index is -0.442. The fourth-order valence-corrected chi connectivity index (χ4v) is 2.03. The molecule has 1 aromatic heterocycles. The molecule has 1 N–H and O–H groups in total. The maximum atomic E-state index is 11.8. The first-order valence-electron chi connectivity index (χ1n) is 6.85. The van der Waals surface area contributed by atoms with Gasteiger partial charge in [-0.3, -0.25) is 9.97 Å². The van der Waals surface area contributed by atoms with Crippen molar-refractivity contribution in [1.82, 2.24) is 20.2 Å². The Balaban J connectivity index is 1.76. The zero-order valence-corrected chi connectivity index (χ0v) is 12.5. The summed E-state index contributed by atoms with van der Waals surface area (Å²) >= 11 is 0. The Hall–Kier alpha value is -1.69. The van der Waals surface area contributed by atoms with Gasteiger partial charge in [0.15, 0.2) is 0 Å². The number of ether oxygens (including phenoxy) is 1. The highest BCUT2D eigenvalue weighted by molar-refractivity contribution is 5.69. The smallest absolute Gasteiger partial charge is 0.410 e. The number of carbonyl (C=O) groups excluding carboxylic acids is 1. The predicted molar refractivity (Wildman–Crippen MR) is 75.2 cm³/mol. The monoisotopic (exact) mass is 278 g/mol. The molecule has 1 atom stereocenters. The number of amides is 1. The van der Waals surface area contributed by atoms with Gasteiger partial charge in [-0.25, -0.2) is 4.79 Å². The van der Waals surface area contributed by atoms with Crippen LogP contribution in [0.4, 0.5) is 4.79 Å². The summed E-state index contributed by atoms with van der Waals surface area (Å²) in [5.74, 6) is 0. The van der Waals surface area contributed by atoms with Crippen molar-refractivity contribution in [2.24, 2.45) is 0 Å². The van der Waals surface area contributed by atoms with Gasteiger partial charge in [0.05, 0.1) is 5.69 Å². The van der Waals surface area contributed by atoms with E-state index in [1.807, 2.05) is 27.7 Å². The molecule has 1 unspecified atom stereocenters. The van der Waals surface area contributed by atoms with E-state index in [0.717, 1.165) is 5.69 Å². The summed E-state index contributed by atoms with van der Waals surface area (Å²) in [5.41, 5.74) is 0.464. The molecule has 110 valence electrons.